The molecule has 0 radical (unpaired) electrons. The Morgan fingerprint density at radius 2 is 1.09 bits per heavy atom. The molecule has 270 valence electrons. The molecular formula is C54H32N2OS. The zero-order valence-corrected chi connectivity index (χ0v) is 32.0. The normalized spacial score (nSPS) is 12.1. The van der Waals surface area contributed by atoms with Gasteiger partial charge in [0.15, 0.2) is 0 Å². The van der Waals surface area contributed by atoms with E-state index >= 15 is 0 Å². The molecule has 3 nitrogen and oxygen atoms in total. The fraction of sp³-hybridized carbons (Fsp3) is 0. The predicted molar refractivity (Wildman–Crippen MR) is 246 cm³/mol. The number of thiophene rings is 1. The number of rotatable bonds is 4. The van der Waals surface area contributed by atoms with Gasteiger partial charge in [-0.2, -0.15) is 0 Å². The first-order valence-electron chi connectivity index (χ1n) is 19.8. The molecule has 0 amide bonds. The fourth-order valence-corrected chi connectivity index (χ4v) is 10.8. The minimum atomic E-state index is 0.918. The lowest BCUT2D eigenvalue weighted by molar-refractivity contribution is 0.670. The molecule has 4 aromatic heterocycles. The lowest BCUT2D eigenvalue weighted by atomic mass is 10.00. The van der Waals surface area contributed by atoms with E-state index in [1.54, 1.807) is 0 Å². The van der Waals surface area contributed by atoms with Crippen LogP contribution in [0.1, 0.15) is 0 Å². The first-order valence-corrected chi connectivity index (χ1v) is 20.6. The summed E-state index contributed by atoms with van der Waals surface area (Å²) in [5, 5.41) is 9.79. The number of fused-ring (bicyclic) bond motifs is 13. The number of furan rings is 1. The average Bonchev–Trinajstić information content (AvgIpc) is 4.04. The smallest absolute Gasteiger partial charge is 0.143 e. The van der Waals surface area contributed by atoms with Crippen molar-refractivity contribution in [2.75, 3.05) is 0 Å². The maximum Gasteiger partial charge on any atom is 0.143 e. The van der Waals surface area contributed by atoms with Crippen molar-refractivity contribution in [1.29, 1.82) is 0 Å². The molecule has 0 unspecified atom stereocenters. The van der Waals surface area contributed by atoms with E-state index in [4.69, 9.17) is 4.42 Å². The summed E-state index contributed by atoms with van der Waals surface area (Å²) >= 11 is 1.86. The second-order valence-corrected chi connectivity index (χ2v) is 16.3. The van der Waals surface area contributed by atoms with Gasteiger partial charge in [0.25, 0.3) is 0 Å². The van der Waals surface area contributed by atoms with Crippen LogP contribution in [-0.4, -0.2) is 9.13 Å². The summed E-state index contributed by atoms with van der Waals surface area (Å²) in [5.74, 6) is 0. The van der Waals surface area contributed by atoms with Crippen LogP contribution in [0.25, 0.3) is 119 Å². The van der Waals surface area contributed by atoms with Gasteiger partial charge in [0.05, 0.1) is 22.1 Å². The summed E-state index contributed by atoms with van der Waals surface area (Å²) in [6, 6.07) is 70.6. The van der Waals surface area contributed by atoms with Crippen molar-refractivity contribution in [2.45, 2.75) is 0 Å². The Labute approximate surface area is 336 Å². The molecule has 0 atom stereocenters. The van der Waals surface area contributed by atoms with Crippen molar-refractivity contribution in [3.05, 3.63) is 194 Å². The average molecular weight is 757 g/mol. The van der Waals surface area contributed by atoms with E-state index in [-0.39, 0.29) is 0 Å². The second-order valence-electron chi connectivity index (χ2n) is 15.2. The molecule has 0 N–H and O–H groups in total. The van der Waals surface area contributed by atoms with E-state index in [0.717, 1.165) is 38.9 Å². The Kier molecular flexibility index (Phi) is 6.60. The molecule has 0 saturated carbocycles. The monoisotopic (exact) mass is 756 g/mol. The summed E-state index contributed by atoms with van der Waals surface area (Å²) in [6.45, 7) is 0. The van der Waals surface area contributed by atoms with Crippen LogP contribution in [0.3, 0.4) is 0 Å². The molecule has 0 aliphatic carbocycles. The van der Waals surface area contributed by atoms with Gasteiger partial charge in [-0.15, -0.1) is 11.3 Å². The van der Waals surface area contributed by atoms with E-state index in [0.29, 0.717) is 0 Å². The zero-order chi connectivity index (χ0) is 37.9. The first kappa shape index (κ1) is 31.8. The molecule has 4 heterocycles. The molecule has 0 aliphatic heterocycles. The van der Waals surface area contributed by atoms with Gasteiger partial charge in [-0.3, -0.25) is 0 Å². The Balaban J connectivity index is 1.11. The van der Waals surface area contributed by atoms with Crippen LogP contribution in [0.2, 0.25) is 0 Å². The van der Waals surface area contributed by atoms with Crippen molar-refractivity contribution in [3.8, 4) is 33.6 Å². The molecule has 9 aromatic carbocycles. The molecule has 13 aromatic rings. The third kappa shape index (κ3) is 4.43. The molecule has 0 fully saturated rings. The summed E-state index contributed by atoms with van der Waals surface area (Å²) in [4.78, 5) is 0. The lowest BCUT2D eigenvalue weighted by Gasteiger charge is -2.11. The van der Waals surface area contributed by atoms with Gasteiger partial charge < -0.3 is 13.6 Å². The number of aromatic nitrogens is 2. The third-order valence-corrected chi connectivity index (χ3v) is 13.3. The van der Waals surface area contributed by atoms with E-state index in [1.807, 2.05) is 17.4 Å². The van der Waals surface area contributed by atoms with Crippen LogP contribution in [0, 0.1) is 0 Å². The second kappa shape index (κ2) is 12.1. The van der Waals surface area contributed by atoms with Crippen LogP contribution >= 0.6 is 11.3 Å². The summed E-state index contributed by atoms with van der Waals surface area (Å²) in [7, 11) is 0. The molecule has 0 spiro atoms. The predicted octanol–water partition coefficient (Wildman–Crippen LogP) is 15.5. The number of para-hydroxylation sites is 4. The number of hydrogen-bond acceptors (Lipinski definition) is 2. The molecular weight excluding hydrogens is 725 g/mol. The van der Waals surface area contributed by atoms with Crippen molar-refractivity contribution in [3.63, 3.8) is 0 Å². The largest absolute Gasteiger partial charge is 0.455 e. The van der Waals surface area contributed by atoms with Gasteiger partial charge in [0.1, 0.15) is 11.2 Å². The Morgan fingerprint density at radius 1 is 0.379 bits per heavy atom. The van der Waals surface area contributed by atoms with Crippen LogP contribution in [0.5, 0.6) is 0 Å². The molecule has 0 bridgehead atoms. The Bertz CT molecular complexity index is 3790. The van der Waals surface area contributed by atoms with Crippen LogP contribution in [-0.2, 0) is 0 Å². The molecule has 4 heteroatoms. The van der Waals surface area contributed by atoms with E-state index in [9.17, 15) is 0 Å². The highest BCUT2D eigenvalue weighted by Crippen LogP contribution is 2.46. The third-order valence-electron chi connectivity index (χ3n) is 12.1. The first-order chi connectivity index (χ1) is 28.8. The van der Waals surface area contributed by atoms with Crippen molar-refractivity contribution in [2.24, 2.45) is 0 Å². The maximum absolute atomic E-state index is 6.54. The fourth-order valence-electron chi connectivity index (χ4n) is 9.59. The van der Waals surface area contributed by atoms with Crippen LogP contribution in [0.4, 0.5) is 0 Å². The maximum atomic E-state index is 6.54. The highest BCUT2D eigenvalue weighted by atomic mass is 32.1. The minimum Gasteiger partial charge on any atom is -0.455 e. The van der Waals surface area contributed by atoms with E-state index in [2.05, 4.69) is 197 Å². The Morgan fingerprint density at radius 3 is 1.97 bits per heavy atom. The van der Waals surface area contributed by atoms with Crippen molar-refractivity contribution in [1.82, 2.24) is 9.13 Å². The van der Waals surface area contributed by atoms with E-state index in [1.165, 1.54) is 80.5 Å². The number of hydrogen-bond donors (Lipinski definition) is 0. The molecule has 0 saturated heterocycles. The van der Waals surface area contributed by atoms with Gasteiger partial charge in [0.2, 0.25) is 0 Å². The Hall–Kier alpha value is -7.40. The topological polar surface area (TPSA) is 23.0 Å². The minimum absolute atomic E-state index is 0.918. The summed E-state index contributed by atoms with van der Waals surface area (Å²) in [6.07, 6.45) is 0. The highest BCUT2D eigenvalue weighted by molar-refractivity contribution is 7.26. The van der Waals surface area contributed by atoms with Gasteiger partial charge in [-0.05, 0) is 71.8 Å². The standard InChI is InChI=1S/C54H32N2OS/c1-3-13-33(14-4-1)34-25-28-47-44(31-34)38-27-29-48-51(43-18-7-9-23-46(43)55(48)35-15-5-2-6-16-35)52(38)56(47)36-26-30-50-45(32-36)42-22-12-21-41(54(42)58-50)40-20-11-19-39-37-17-8-10-24-49(37)57-53(39)40/h1-32H. The van der Waals surface area contributed by atoms with Crippen LogP contribution in [0.15, 0.2) is 199 Å². The number of benzene rings is 9. The SMILES string of the molecule is c1ccc(-c2ccc3c(c2)c2ccc4c(c5ccccc5n4-c4ccccc4)c2n3-c2ccc3sc4c(-c5cccc6c5oc5ccccc56)cccc4c3c2)cc1. The zero-order valence-electron chi connectivity index (χ0n) is 31.2. The summed E-state index contributed by atoms with van der Waals surface area (Å²) in [5.41, 5.74) is 13.7. The quantitative estimate of drug-likeness (QED) is 0.175. The van der Waals surface area contributed by atoms with Crippen molar-refractivity contribution < 1.29 is 4.42 Å². The molecule has 0 aliphatic rings. The summed E-state index contributed by atoms with van der Waals surface area (Å²) < 4.78 is 14.0. The van der Waals surface area contributed by atoms with Gasteiger partial charge in [-0.1, -0.05) is 133 Å². The highest BCUT2D eigenvalue weighted by Gasteiger charge is 2.22. The molecule has 13 rings (SSSR count). The molecule has 58 heavy (non-hydrogen) atoms. The van der Waals surface area contributed by atoms with Crippen LogP contribution < -0.4 is 0 Å². The van der Waals surface area contributed by atoms with Gasteiger partial charge >= 0.3 is 0 Å². The van der Waals surface area contributed by atoms with E-state index < -0.39 is 0 Å². The van der Waals surface area contributed by atoms with Gasteiger partial charge in [0, 0.05) is 75.0 Å². The van der Waals surface area contributed by atoms with Crippen molar-refractivity contribution >= 4 is 97.1 Å². The number of nitrogens with zero attached hydrogens (tertiary/aromatic N) is 2. The lowest BCUT2D eigenvalue weighted by Crippen LogP contribution is -1.95. The van der Waals surface area contributed by atoms with Gasteiger partial charge in [-0.25, -0.2) is 0 Å².